The molecule has 2 amide bonds. The molecule has 1 unspecified atom stereocenters. The standard InChI is InChI=1S/C18H27BrN2O6/c1-12(2)25-5-4-24-11-13(22)10-21(3)18(23)20-15-9-17-16(8-14(15)19)26-6-7-27-17/h8-9,12-13,22H,4-7,10-11H2,1-3H3,(H,20,23). The molecular formula is C18H27BrN2O6. The number of urea groups is 1. The smallest absolute Gasteiger partial charge is 0.321 e. The summed E-state index contributed by atoms with van der Waals surface area (Å²) < 4.78 is 22.4. The second kappa shape index (κ2) is 10.7. The predicted octanol–water partition coefficient (Wildman–Crippen LogP) is 2.49. The van der Waals surface area contributed by atoms with Crippen molar-refractivity contribution in [2.24, 2.45) is 0 Å². The van der Waals surface area contributed by atoms with Crippen LogP contribution in [-0.2, 0) is 9.47 Å². The minimum atomic E-state index is -0.788. The molecule has 152 valence electrons. The topological polar surface area (TPSA) is 89.5 Å². The van der Waals surface area contributed by atoms with Gasteiger partial charge in [0.2, 0.25) is 0 Å². The molecule has 1 aromatic carbocycles. The number of anilines is 1. The van der Waals surface area contributed by atoms with Crippen LogP contribution in [0.3, 0.4) is 0 Å². The highest BCUT2D eigenvalue weighted by Gasteiger charge is 2.18. The molecule has 9 heteroatoms. The van der Waals surface area contributed by atoms with E-state index >= 15 is 0 Å². The van der Waals surface area contributed by atoms with E-state index in [0.29, 0.717) is 48.1 Å². The van der Waals surface area contributed by atoms with Crippen molar-refractivity contribution in [3.05, 3.63) is 16.6 Å². The number of hydrogen-bond acceptors (Lipinski definition) is 6. The third kappa shape index (κ3) is 7.17. The van der Waals surface area contributed by atoms with Gasteiger partial charge in [-0.15, -0.1) is 0 Å². The molecule has 0 bridgehead atoms. The van der Waals surface area contributed by atoms with Crippen molar-refractivity contribution in [2.45, 2.75) is 26.1 Å². The summed E-state index contributed by atoms with van der Waals surface area (Å²) in [6.07, 6.45) is -0.642. The number of halogens is 1. The van der Waals surface area contributed by atoms with Gasteiger partial charge in [0.1, 0.15) is 13.2 Å². The van der Waals surface area contributed by atoms with Crippen LogP contribution in [0.25, 0.3) is 0 Å². The molecule has 0 aliphatic carbocycles. The normalized spacial score (nSPS) is 14.1. The molecule has 0 radical (unpaired) electrons. The minimum absolute atomic E-state index is 0.132. The summed E-state index contributed by atoms with van der Waals surface area (Å²) in [5, 5.41) is 12.8. The highest BCUT2D eigenvalue weighted by atomic mass is 79.9. The summed E-state index contributed by atoms with van der Waals surface area (Å²) >= 11 is 3.41. The van der Waals surface area contributed by atoms with Crippen LogP contribution in [0.5, 0.6) is 11.5 Å². The van der Waals surface area contributed by atoms with Gasteiger partial charge in [-0.05, 0) is 29.8 Å². The van der Waals surface area contributed by atoms with Gasteiger partial charge < -0.3 is 34.3 Å². The van der Waals surface area contributed by atoms with Crippen molar-refractivity contribution in [3.8, 4) is 11.5 Å². The first-order valence-corrected chi connectivity index (χ1v) is 9.64. The van der Waals surface area contributed by atoms with Crippen LogP contribution in [-0.4, -0.2) is 74.9 Å². The molecule has 1 atom stereocenters. The maximum Gasteiger partial charge on any atom is 0.321 e. The predicted molar refractivity (Wildman–Crippen MR) is 105 cm³/mol. The van der Waals surface area contributed by atoms with E-state index < -0.39 is 6.10 Å². The lowest BCUT2D eigenvalue weighted by Crippen LogP contribution is -2.39. The van der Waals surface area contributed by atoms with E-state index in [2.05, 4.69) is 21.2 Å². The molecule has 0 fully saturated rings. The van der Waals surface area contributed by atoms with Crippen molar-refractivity contribution in [2.75, 3.05) is 51.9 Å². The lowest BCUT2D eigenvalue weighted by molar-refractivity contribution is -0.0144. The fourth-order valence-electron chi connectivity index (χ4n) is 2.38. The Kier molecular flexibility index (Phi) is 8.62. The van der Waals surface area contributed by atoms with Gasteiger partial charge in [0.15, 0.2) is 11.5 Å². The number of nitrogens with one attached hydrogen (secondary N) is 1. The lowest BCUT2D eigenvalue weighted by Gasteiger charge is -2.23. The Morgan fingerprint density at radius 3 is 2.63 bits per heavy atom. The van der Waals surface area contributed by atoms with E-state index in [-0.39, 0.29) is 25.3 Å². The molecule has 2 rings (SSSR count). The van der Waals surface area contributed by atoms with Crippen LogP contribution in [0.15, 0.2) is 16.6 Å². The second-order valence-electron chi connectivity index (χ2n) is 6.43. The van der Waals surface area contributed by atoms with Crippen LogP contribution in [0.4, 0.5) is 10.5 Å². The minimum Gasteiger partial charge on any atom is -0.486 e. The van der Waals surface area contributed by atoms with Gasteiger partial charge in [0.05, 0.1) is 44.3 Å². The second-order valence-corrected chi connectivity index (χ2v) is 7.29. The highest BCUT2D eigenvalue weighted by molar-refractivity contribution is 9.10. The van der Waals surface area contributed by atoms with E-state index in [4.69, 9.17) is 18.9 Å². The fraction of sp³-hybridized carbons (Fsp3) is 0.611. The van der Waals surface area contributed by atoms with Crippen LogP contribution >= 0.6 is 15.9 Å². The van der Waals surface area contributed by atoms with E-state index in [0.717, 1.165) is 0 Å². The highest BCUT2D eigenvalue weighted by Crippen LogP contribution is 2.38. The van der Waals surface area contributed by atoms with E-state index in [1.807, 2.05) is 13.8 Å². The van der Waals surface area contributed by atoms with Gasteiger partial charge in [-0.2, -0.15) is 0 Å². The van der Waals surface area contributed by atoms with Crippen molar-refractivity contribution >= 4 is 27.6 Å². The third-order valence-corrected chi connectivity index (χ3v) is 4.35. The number of amides is 2. The molecule has 0 aromatic heterocycles. The zero-order valence-electron chi connectivity index (χ0n) is 15.9. The van der Waals surface area contributed by atoms with Gasteiger partial charge in [0, 0.05) is 23.7 Å². The fourth-order valence-corrected chi connectivity index (χ4v) is 2.81. The zero-order valence-corrected chi connectivity index (χ0v) is 17.5. The average Bonchev–Trinajstić information content (AvgIpc) is 2.61. The van der Waals surface area contributed by atoms with E-state index in [1.54, 1.807) is 19.2 Å². The molecule has 27 heavy (non-hydrogen) atoms. The number of fused-ring (bicyclic) bond motifs is 1. The van der Waals surface area contributed by atoms with Crippen molar-refractivity contribution in [3.63, 3.8) is 0 Å². The number of aliphatic hydroxyl groups is 1. The first-order valence-electron chi connectivity index (χ1n) is 8.85. The maximum absolute atomic E-state index is 12.4. The van der Waals surface area contributed by atoms with Gasteiger partial charge in [-0.1, -0.05) is 0 Å². The van der Waals surface area contributed by atoms with Gasteiger partial charge >= 0.3 is 6.03 Å². The Balaban J connectivity index is 1.78. The van der Waals surface area contributed by atoms with E-state index in [1.165, 1.54) is 4.90 Å². The molecular weight excluding hydrogens is 420 g/mol. The SMILES string of the molecule is CC(C)OCCOCC(O)CN(C)C(=O)Nc1cc2c(cc1Br)OCCO2. The van der Waals surface area contributed by atoms with Crippen LogP contribution in [0.1, 0.15) is 13.8 Å². The van der Waals surface area contributed by atoms with Crippen molar-refractivity contribution in [1.82, 2.24) is 4.90 Å². The molecule has 0 saturated carbocycles. The number of benzene rings is 1. The summed E-state index contributed by atoms with van der Waals surface area (Å²) in [4.78, 5) is 13.8. The maximum atomic E-state index is 12.4. The molecule has 1 heterocycles. The molecule has 0 saturated heterocycles. The largest absolute Gasteiger partial charge is 0.486 e. The number of ether oxygens (including phenoxy) is 4. The number of hydrogen-bond donors (Lipinski definition) is 2. The summed E-state index contributed by atoms with van der Waals surface area (Å²) in [5.41, 5.74) is 0.563. The molecule has 1 aliphatic rings. The van der Waals surface area contributed by atoms with Gasteiger partial charge in [0.25, 0.3) is 0 Å². The number of carbonyl (C=O) groups is 1. The van der Waals surface area contributed by atoms with Gasteiger partial charge in [-0.3, -0.25) is 0 Å². The molecule has 0 spiro atoms. The Morgan fingerprint density at radius 1 is 1.30 bits per heavy atom. The van der Waals surface area contributed by atoms with E-state index in [9.17, 15) is 9.90 Å². The molecule has 1 aliphatic heterocycles. The van der Waals surface area contributed by atoms with Crippen LogP contribution < -0.4 is 14.8 Å². The summed E-state index contributed by atoms with van der Waals surface area (Å²) in [6, 6.07) is 3.11. The third-order valence-electron chi connectivity index (χ3n) is 3.69. The summed E-state index contributed by atoms with van der Waals surface area (Å²) in [5.74, 6) is 1.22. The van der Waals surface area contributed by atoms with Crippen molar-refractivity contribution < 1.29 is 28.8 Å². The number of rotatable bonds is 9. The van der Waals surface area contributed by atoms with Gasteiger partial charge in [-0.25, -0.2) is 4.79 Å². The monoisotopic (exact) mass is 446 g/mol. The van der Waals surface area contributed by atoms with Crippen LogP contribution in [0, 0.1) is 0 Å². The van der Waals surface area contributed by atoms with Crippen LogP contribution in [0.2, 0.25) is 0 Å². The van der Waals surface area contributed by atoms with Crippen molar-refractivity contribution in [1.29, 1.82) is 0 Å². The lowest BCUT2D eigenvalue weighted by atomic mass is 10.2. The number of nitrogens with zero attached hydrogens (tertiary/aromatic N) is 1. The number of likely N-dealkylation sites (N-methyl/N-ethyl adjacent to an activating group) is 1. The molecule has 1 aromatic rings. The summed E-state index contributed by atoms with van der Waals surface area (Å²) in [6.45, 7) is 6.00. The molecule has 8 nitrogen and oxygen atoms in total. The Bertz CT molecular complexity index is 628. The number of aliphatic hydroxyl groups excluding tert-OH is 1. The summed E-state index contributed by atoms with van der Waals surface area (Å²) in [7, 11) is 1.60. The molecule has 2 N–H and O–H groups in total. The Labute approximate surface area is 167 Å². The Hall–Kier alpha value is -1.55. The zero-order chi connectivity index (χ0) is 19.8. The quantitative estimate of drug-likeness (QED) is 0.566. The average molecular weight is 447 g/mol. The Morgan fingerprint density at radius 2 is 1.96 bits per heavy atom. The number of carbonyl (C=O) groups excluding carboxylic acids is 1. The first-order chi connectivity index (χ1) is 12.9. The first kappa shape index (κ1) is 21.7.